The van der Waals surface area contributed by atoms with Crippen LogP contribution in [0.3, 0.4) is 0 Å². The van der Waals surface area contributed by atoms with Gasteiger partial charge in [0.15, 0.2) is 0 Å². The minimum atomic E-state index is -0.235. The molecule has 5 nitrogen and oxygen atoms in total. The standard InChI is InChI=1S/C34H35NO4/c1-4-37-29-13-15-30(16-14-29)38-23-33-32-18-17-31(39-24(2)3)22-27(32)19-20-35(33)34(36)28-12-8-11-26(21-28)25-9-6-5-7-10-25/h5-18,21-22,24,33H,4,19-20,23H2,1-3H3. The second kappa shape index (κ2) is 12.1. The number of hydrogen-bond donors (Lipinski definition) is 0. The normalized spacial score (nSPS) is 14.6. The lowest BCUT2D eigenvalue weighted by Gasteiger charge is -2.37. The molecule has 5 rings (SSSR count). The Kier molecular flexibility index (Phi) is 8.16. The predicted octanol–water partition coefficient (Wildman–Crippen LogP) is 7.36. The van der Waals surface area contributed by atoms with Gasteiger partial charge in [0, 0.05) is 12.1 Å². The lowest BCUT2D eigenvalue weighted by Crippen LogP contribution is -2.42. The monoisotopic (exact) mass is 521 g/mol. The number of amides is 1. The smallest absolute Gasteiger partial charge is 0.254 e. The van der Waals surface area contributed by atoms with Gasteiger partial charge >= 0.3 is 0 Å². The van der Waals surface area contributed by atoms with Crippen molar-refractivity contribution in [3.63, 3.8) is 0 Å². The average molecular weight is 522 g/mol. The second-order valence-electron chi connectivity index (χ2n) is 9.95. The van der Waals surface area contributed by atoms with Gasteiger partial charge in [-0.1, -0.05) is 48.5 Å². The van der Waals surface area contributed by atoms with Crippen molar-refractivity contribution in [3.05, 3.63) is 114 Å². The largest absolute Gasteiger partial charge is 0.494 e. The Balaban J connectivity index is 1.43. The molecule has 1 unspecified atom stereocenters. The van der Waals surface area contributed by atoms with E-state index in [1.807, 2.05) is 98.5 Å². The fraction of sp³-hybridized carbons (Fsp3) is 0.265. The molecule has 4 aromatic rings. The van der Waals surface area contributed by atoms with Gasteiger partial charge < -0.3 is 19.1 Å². The van der Waals surface area contributed by atoms with Crippen molar-refractivity contribution in [2.24, 2.45) is 0 Å². The van der Waals surface area contributed by atoms with Crippen LogP contribution < -0.4 is 14.2 Å². The number of ether oxygens (including phenoxy) is 3. The summed E-state index contributed by atoms with van der Waals surface area (Å²) in [6.07, 6.45) is 0.856. The summed E-state index contributed by atoms with van der Waals surface area (Å²) in [5, 5.41) is 0. The molecule has 200 valence electrons. The SMILES string of the molecule is CCOc1ccc(OCC2c3ccc(OC(C)C)cc3CCN2C(=O)c2cccc(-c3ccccc3)c2)cc1. The number of benzene rings is 4. The molecule has 0 N–H and O–H groups in total. The molecule has 0 radical (unpaired) electrons. The molecular formula is C34H35NO4. The van der Waals surface area contributed by atoms with Crippen molar-refractivity contribution in [2.75, 3.05) is 19.8 Å². The summed E-state index contributed by atoms with van der Waals surface area (Å²) in [4.78, 5) is 15.9. The maximum absolute atomic E-state index is 14.0. The number of carbonyl (C=O) groups is 1. The summed E-state index contributed by atoms with van der Waals surface area (Å²) < 4.78 is 17.8. The first-order chi connectivity index (χ1) is 19.0. The van der Waals surface area contributed by atoms with Crippen molar-refractivity contribution in [1.29, 1.82) is 0 Å². The van der Waals surface area contributed by atoms with Crippen LogP contribution in [0.15, 0.2) is 97.1 Å². The van der Waals surface area contributed by atoms with Gasteiger partial charge in [-0.2, -0.15) is 0 Å². The first-order valence-electron chi connectivity index (χ1n) is 13.6. The molecule has 0 bridgehead atoms. The number of carbonyl (C=O) groups excluding carboxylic acids is 1. The summed E-state index contributed by atoms with van der Waals surface area (Å²) in [5.41, 5.74) is 5.07. The van der Waals surface area contributed by atoms with E-state index in [1.54, 1.807) is 0 Å². The van der Waals surface area contributed by atoms with Gasteiger partial charge in [-0.05, 0) is 98.0 Å². The summed E-state index contributed by atoms with van der Waals surface area (Å²) in [5.74, 6) is 2.40. The van der Waals surface area contributed by atoms with Gasteiger partial charge in [0.1, 0.15) is 23.9 Å². The maximum atomic E-state index is 14.0. The highest BCUT2D eigenvalue weighted by molar-refractivity contribution is 5.96. The highest BCUT2D eigenvalue weighted by Crippen LogP contribution is 2.35. The van der Waals surface area contributed by atoms with Crippen LogP contribution in [0, 0.1) is 0 Å². The zero-order valence-corrected chi connectivity index (χ0v) is 22.8. The lowest BCUT2D eigenvalue weighted by molar-refractivity contribution is 0.0590. The number of nitrogens with zero attached hydrogens (tertiary/aromatic N) is 1. The number of hydrogen-bond acceptors (Lipinski definition) is 4. The van der Waals surface area contributed by atoms with E-state index < -0.39 is 0 Å². The van der Waals surface area contributed by atoms with Crippen molar-refractivity contribution < 1.29 is 19.0 Å². The summed E-state index contributed by atoms with van der Waals surface area (Å²) >= 11 is 0. The van der Waals surface area contributed by atoms with Crippen LogP contribution in [0.25, 0.3) is 11.1 Å². The molecule has 0 spiro atoms. The zero-order valence-electron chi connectivity index (χ0n) is 22.8. The van der Waals surface area contributed by atoms with Crippen molar-refractivity contribution in [2.45, 2.75) is 39.3 Å². The quantitative estimate of drug-likeness (QED) is 0.231. The lowest BCUT2D eigenvalue weighted by atomic mass is 9.91. The fourth-order valence-corrected chi connectivity index (χ4v) is 5.06. The Morgan fingerprint density at radius 3 is 2.23 bits per heavy atom. The Bertz CT molecular complexity index is 1400. The van der Waals surface area contributed by atoms with E-state index in [0.717, 1.165) is 40.4 Å². The van der Waals surface area contributed by atoms with Crippen LogP contribution >= 0.6 is 0 Å². The van der Waals surface area contributed by atoms with E-state index in [1.165, 1.54) is 5.56 Å². The fourth-order valence-electron chi connectivity index (χ4n) is 5.06. The van der Waals surface area contributed by atoms with E-state index in [-0.39, 0.29) is 18.1 Å². The van der Waals surface area contributed by atoms with E-state index in [2.05, 4.69) is 24.3 Å². The van der Waals surface area contributed by atoms with Crippen LogP contribution in [0.1, 0.15) is 48.3 Å². The van der Waals surface area contributed by atoms with Gasteiger partial charge in [-0.15, -0.1) is 0 Å². The molecule has 39 heavy (non-hydrogen) atoms. The molecule has 0 aliphatic carbocycles. The van der Waals surface area contributed by atoms with E-state index >= 15 is 0 Å². The Morgan fingerprint density at radius 1 is 0.821 bits per heavy atom. The van der Waals surface area contributed by atoms with Gasteiger partial charge in [0.25, 0.3) is 5.91 Å². The average Bonchev–Trinajstić information content (AvgIpc) is 2.96. The summed E-state index contributed by atoms with van der Waals surface area (Å²) in [6.45, 7) is 7.57. The first kappa shape index (κ1) is 26.4. The van der Waals surface area contributed by atoms with Crippen LogP contribution in [0.5, 0.6) is 17.2 Å². The third-order valence-corrected chi connectivity index (χ3v) is 6.86. The van der Waals surface area contributed by atoms with Crippen LogP contribution in [-0.2, 0) is 6.42 Å². The molecular weight excluding hydrogens is 486 g/mol. The molecule has 4 aromatic carbocycles. The highest BCUT2D eigenvalue weighted by Gasteiger charge is 2.32. The molecule has 1 amide bonds. The molecule has 0 fully saturated rings. The molecule has 1 heterocycles. The van der Waals surface area contributed by atoms with Crippen molar-refractivity contribution in [3.8, 4) is 28.4 Å². The molecule has 1 aliphatic rings. The Morgan fingerprint density at radius 2 is 1.51 bits per heavy atom. The predicted molar refractivity (Wildman–Crippen MR) is 155 cm³/mol. The van der Waals surface area contributed by atoms with Gasteiger partial charge in [-0.3, -0.25) is 4.79 Å². The third kappa shape index (κ3) is 6.26. The van der Waals surface area contributed by atoms with Crippen LogP contribution in [-0.4, -0.2) is 36.7 Å². The maximum Gasteiger partial charge on any atom is 0.254 e. The Hall–Kier alpha value is -4.25. The minimum absolute atomic E-state index is 0.00114. The topological polar surface area (TPSA) is 48.0 Å². The highest BCUT2D eigenvalue weighted by atomic mass is 16.5. The first-order valence-corrected chi connectivity index (χ1v) is 13.6. The van der Waals surface area contributed by atoms with E-state index in [9.17, 15) is 4.79 Å². The van der Waals surface area contributed by atoms with Gasteiger partial charge in [-0.25, -0.2) is 0 Å². The second-order valence-corrected chi connectivity index (χ2v) is 9.95. The molecule has 5 heteroatoms. The molecule has 0 saturated heterocycles. The number of rotatable bonds is 9. The molecule has 1 atom stereocenters. The van der Waals surface area contributed by atoms with Gasteiger partial charge in [0.2, 0.25) is 0 Å². The number of fused-ring (bicyclic) bond motifs is 1. The van der Waals surface area contributed by atoms with Crippen molar-refractivity contribution >= 4 is 5.91 Å². The van der Waals surface area contributed by atoms with Crippen LogP contribution in [0.2, 0.25) is 0 Å². The summed E-state index contributed by atoms with van der Waals surface area (Å²) in [6, 6.07) is 31.6. The zero-order chi connectivity index (χ0) is 27.2. The summed E-state index contributed by atoms with van der Waals surface area (Å²) in [7, 11) is 0. The van der Waals surface area contributed by atoms with E-state index in [4.69, 9.17) is 14.2 Å². The Labute approximate surface area is 231 Å². The molecule has 1 aliphatic heterocycles. The minimum Gasteiger partial charge on any atom is -0.494 e. The molecule has 0 aromatic heterocycles. The third-order valence-electron chi connectivity index (χ3n) is 6.86. The van der Waals surface area contributed by atoms with Crippen molar-refractivity contribution in [1.82, 2.24) is 4.90 Å². The van der Waals surface area contributed by atoms with Crippen LogP contribution in [0.4, 0.5) is 0 Å². The van der Waals surface area contributed by atoms with E-state index in [0.29, 0.717) is 25.3 Å². The molecule has 0 saturated carbocycles. The van der Waals surface area contributed by atoms with Gasteiger partial charge in [0.05, 0.1) is 18.8 Å².